The Bertz CT molecular complexity index is 1590. The molecule has 10 nitrogen and oxygen atoms in total. The van der Waals surface area contributed by atoms with Crippen molar-refractivity contribution >= 4 is 45.2 Å². The monoisotopic (exact) mass is 476 g/mol. The van der Waals surface area contributed by atoms with Gasteiger partial charge in [-0.25, -0.2) is 19.6 Å². The van der Waals surface area contributed by atoms with Crippen molar-refractivity contribution in [2.45, 2.75) is 11.8 Å². The minimum Gasteiger partial charge on any atom is -0.477 e. The molecule has 36 heavy (non-hydrogen) atoms. The van der Waals surface area contributed by atoms with E-state index in [1.54, 1.807) is 60.7 Å². The SMILES string of the molecule is [N-]=[N+]=C1C=CC=CC1c1cc(C(=O)O)nc2c1ccc1c(C3C=CC=CC3=[N+]=[N-])cc(C(=O)O)nc12. The summed E-state index contributed by atoms with van der Waals surface area (Å²) >= 11 is 0. The molecule has 0 saturated heterocycles. The zero-order valence-electron chi connectivity index (χ0n) is 18.5. The van der Waals surface area contributed by atoms with Gasteiger partial charge in [-0.2, -0.15) is 9.58 Å². The van der Waals surface area contributed by atoms with Crippen molar-refractivity contribution in [3.05, 3.63) is 106 Å². The minimum absolute atomic E-state index is 0.185. The van der Waals surface area contributed by atoms with Gasteiger partial charge in [0.25, 0.3) is 0 Å². The molecule has 3 aromatic rings. The van der Waals surface area contributed by atoms with Crippen LogP contribution in [0.5, 0.6) is 0 Å². The summed E-state index contributed by atoms with van der Waals surface area (Å²) in [7, 11) is 0. The number of benzene rings is 1. The smallest absolute Gasteiger partial charge is 0.354 e. The predicted molar refractivity (Wildman–Crippen MR) is 130 cm³/mol. The maximum atomic E-state index is 12.0. The Morgan fingerprint density at radius 3 is 1.50 bits per heavy atom. The van der Waals surface area contributed by atoms with Crippen LogP contribution >= 0.6 is 0 Å². The number of hydrogen-bond donors (Lipinski definition) is 2. The lowest BCUT2D eigenvalue weighted by Gasteiger charge is -2.17. The summed E-state index contributed by atoms with van der Waals surface area (Å²) in [6.07, 6.45) is 13.6. The van der Waals surface area contributed by atoms with Crippen LogP contribution in [-0.2, 0) is 0 Å². The van der Waals surface area contributed by atoms with Crippen molar-refractivity contribution < 1.29 is 29.4 Å². The van der Waals surface area contributed by atoms with Crippen LogP contribution in [0.1, 0.15) is 43.9 Å². The molecule has 0 saturated carbocycles. The Hall–Kier alpha value is -5.30. The van der Waals surface area contributed by atoms with E-state index in [4.69, 9.17) is 0 Å². The number of pyridine rings is 2. The Morgan fingerprint density at radius 2 is 1.14 bits per heavy atom. The van der Waals surface area contributed by atoms with Crippen molar-refractivity contribution in [1.82, 2.24) is 9.97 Å². The molecule has 0 spiro atoms. The average Bonchev–Trinajstić information content (AvgIpc) is 2.91. The fraction of sp³-hybridized carbons (Fsp3) is 0.0769. The lowest BCUT2D eigenvalue weighted by molar-refractivity contribution is -0.00728. The first-order valence-corrected chi connectivity index (χ1v) is 10.8. The van der Waals surface area contributed by atoms with Gasteiger partial charge >= 0.3 is 23.4 Å². The molecule has 2 N–H and O–H groups in total. The molecule has 2 aliphatic carbocycles. The molecule has 2 atom stereocenters. The predicted octanol–water partition coefficient (Wildman–Crippen LogP) is 3.94. The molecule has 2 heterocycles. The van der Waals surface area contributed by atoms with Crippen LogP contribution in [-0.4, -0.2) is 53.1 Å². The Balaban J connectivity index is 1.90. The minimum atomic E-state index is -1.28. The number of carboxylic acids is 2. The number of aromatic nitrogens is 2. The largest absolute Gasteiger partial charge is 0.477 e. The van der Waals surface area contributed by atoms with Crippen molar-refractivity contribution in [2.24, 2.45) is 0 Å². The first-order chi connectivity index (χ1) is 17.4. The molecular weight excluding hydrogens is 460 g/mol. The Labute approximate surface area is 203 Å². The molecule has 0 amide bonds. The summed E-state index contributed by atoms with van der Waals surface area (Å²) in [6.45, 7) is 0. The van der Waals surface area contributed by atoms with E-state index in [0.29, 0.717) is 33.3 Å². The third kappa shape index (κ3) is 3.65. The van der Waals surface area contributed by atoms with Crippen LogP contribution in [0.3, 0.4) is 0 Å². The number of carboxylic acid groups (broad SMARTS) is 2. The maximum absolute atomic E-state index is 12.0. The van der Waals surface area contributed by atoms with Crippen molar-refractivity contribution in [1.29, 1.82) is 0 Å². The van der Waals surface area contributed by atoms with Crippen LogP contribution in [0.2, 0.25) is 0 Å². The molecule has 0 radical (unpaired) electrons. The molecule has 0 aliphatic heterocycles. The quantitative estimate of drug-likeness (QED) is 0.328. The topological polar surface area (TPSA) is 173 Å². The number of rotatable bonds is 4. The van der Waals surface area contributed by atoms with Gasteiger partial charge in [0.05, 0.1) is 11.0 Å². The lowest BCUT2D eigenvalue weighted by atomic mass is 9.85. The normalized spacial score (nSPS) is 18.4. The first kappa shape index (κ1) is 22.5. The van der Waals surface area contributed by atoms with Gasteiger partial charge in [-0.3, -0.25) is 0 Å². The number of carbonyl (C=O) groups is 2. The highest BCUT2D eigenvalue weighted by molar-refractivity contribution is 6.12. The maximum Gasteiger partial charge on any atom is 0.354 e. The molecular formula is C26H16N6O4. The van der Waals surface area contributed by atoms with E-state index in [1.807, 2.05) is 0 Å². The fourth-order valence-corrected chi connectivity index (χ4v) is 4.54. The zero-order chi connectivity index (χ0) is 25.4. The highest BCUT2D eigenvalue weighted by Crippen LogP contribution is 2.36. The second-order valence-corrected chi connectivity index (χ2v) is 8.15. The third-order valence-corrected chi connectivity index (χ3v) is 6.16. The van der Waals surface area contributed by atoms with Gasteiger partial charge in [0.15, 0.2) is 0 Å². The van der Waals surface area contributed by atoms with Gasteiger partial charge in [0, 0.05) is 22.9 Å². The number of fused-ring (bicyclic) bond motifs is 3. The summed E-state index contributed by atoms with van der Waals surface area (Å²) < 4.78 is 0. The zero-order valence-corrected chi connectivity index (χ0v) is 18.5. The lowest BCUT2D eigenvalue weighted by Crippen LogP contribution is -2.15. The summed E-state index contributed by atoms with van der Waals surface area (Å²) in [5.41, 5.74) is 20.5. The van der Waals surface area contributed by atoms with E-state index in [0.717, 1.165) is 0 Å². The first-order valence-electron chi connectivity index (χ1n) is 10.8. The van der Waals surface area contributed by atoms with E-state index < -0.39 is 23.8 Å². The highest BCUT2D eigenvalue weighted by atomic mass is 16.4. The number of hydrogen-bond acceptors (Lipinski definition) is 4. The van der Waals surface area contributed by atoms with Gasteiger partial charge in [-0.1, -0.05) is 48.6 Å². The Morgan fingerprint density at radius 1 is 0.722 bits per heavy atom. The standard InChI is InChI=1S/C26H16N6O4/c27-31-19-7-3-1-5-13(19)17-11-21(25(33)34)29-23-15(17)9-10-16-18(12-22(26(35)36)30-24(16)23)14-6-2-4-8-20(14)32-28/h1-14H,(H,33,34)(H,35,36). The van der Waals surface area contributed by atoms with E-state index in [1.165, 1.54) is 12.1 Å². The fourth-order valence-electron chi connectivity index (χ4n) is 4.54. The second kappa shape index (κ2) is 8.81. The summed E-state index contributed by atoms with van der Waals surface area (Å²) in [5, 5.41) is 20.6. The van der Waals surface area contributed by atoms with Crippen LogP contribution in [0.4, 0.5) is 0 Å². The van der Waals surface area contributed by atoms with Gasteiger partial charge in [0.1, 0.15) is 23.2 Å². The Kier molecular flexibility index (Phi) is 5.50. The van der Waals surface area contributed by atoms with Crippen molar-refractivity contribution in [2.75, 3.05) is 0 Å². The van der Waals surface area contributed by atoms with Crippen molar-refractivity contribution in [3.8, 4) is 0 Å². The van der Waals surface area contributed by atoms with E-state index in [2.05, 4.69) is 19.5 Å². The van der Waals surface area contributed by atoms with Crippen LogP contribution < -0.4 is 0 Å². The van der Waals surface area contributed by atoms with E-state index in [-0.39, 0.29) is 22.4 Å². The molecule has 10 heteroatoms. The van der Waals surface area contributed by atoms with Gasteiger partial charge in [0.2, 0.25) is 0 Å². The highest BCUT2D eigenvalue weighted by Gasteiger charge is 2.30. The summed E-state index contributed by atoms with van der Waals surface area (Å²) in [5.74, 6) is -3.69. The molecule has 5 rings (SSSR count). The van der Waals surface area contributed by atoms with E-state index >= 15 is 0 Å². The van der Waals surface area contributed by atoms with Crippen molar-refractivity contribution in [3.63, 3.8) is 0 Å². The third-order valence-electron chi connectivity index (χ3n) is 6.16. The number of nitrogens with zero attached hydrogens (tertiary/aromatic N) is 6. The molecule has 0 bridgehead atoms. The summed E-state index contributed by atoms with van der Waals surface area (Å²) in [6, 6.07) is 6.30. The molecule has 2 aromatic heterocycles. The molecule has 2 unspecified atom stereocenters. The average molecular weight is 476 g/mol. The molecule has 2 aliphatic rings. The number of allylic oxidation sites excluding steroid dienone is 8. The summed E-state index contributed by atoms with van der Waals surface area (Å²) in [4.78, 5) is 39.3. The molecule has 1 aromatic carbocycles. The van der Waals surface area contributed by atoms with Crippen LogP contribution in [0.15, 0.2) is 72.9 Å². The van der Waals surface area contributed by atoms with Crippen LogP contribution in [0.25, 0.3) is 32.9 Å². The van der Waals surface area contributed by atoms with Gasteiger partial charge < -0.3 is 21.3 Å². The number of aromatic carboxylic acids is 2. The molecule has 0 fully saturated rings. The van der Waals surface area contributed by atoms with Gasteiger partial charge in [-0.05, 0) is 23.3 Å². The van der Waals surface area contributed by atoms with Crippen LogP contribution in [0, 0.1) is 0 Å². The van der Waals surface area contributed by atoms with E-state index in [9.17, 15) is 30.9 Å². The second-order valence-electron chi connectivity index (χ2n) is 8.15. The molecule has 174 valence electrons. The van der Waals surface area contributed by atoms with Gasteiger partial charge in [-0.15, -0.1) is 0 Å².